The minimum atomic E-state index is -0.0450. The third-order valence-corrected chi connectivity index (χ3v) is 3.59. The van der Waals surface area contributed by atoms with E-state index in [1.165, 1.54) is 0 Å². The van der Waals surface area contributed by atoms with Gasteiger partial charge in [-0.05, 0) is 31.2 Å². The van der Waals surface area contributed by atoms with Gasteiger partial charge in [0.25, 0.3) is 5.91 Å². The van der Waals surface area contributed by atoms with Crippen LogP contribution < -0.4 is 5.32 Å². The SMILES string of the molecule is Cc1ccc(-c2nc3cccc4c3n2CCNC4=O)o1. The van der Waals surface area contributed by atoms with Crippen LogP contribution in [0.3, 0.4) is 0 Å². The lowest BCUT2D eigenvalue weighted by atomic mass is 10.2. The van der Waals surface area contributed by atoms with Gasteiger partial charge in [0.1, 0.15) is 5.76 Å². The van der Waals surface area contributed by atoms with Crippen LogP contribution in [0.25, 0.3) is 22.6 Å². The number of furan rings is 1. The second-order valence-corrected chi connectivity index (χ2v) is 4.93. The largest absolute Gasteiger partial charge is 0.458 e. The Hall–Kier alpha value is -2.56. The van der Waals surface area contributed by atoms with E-state index in [1.807, 2.05) is 37.3 Å². The normalized spacial score (nSPS) is 14.3. The second-order valence-electron chi connectivity index (χ2n) is 4.93. The van der Waals surface area contributed by atoms with Gasteiger partial charge in [0.2, 0.25) is 0 Å². The van der Waals surface area contributed by atoms with Crippen molar-refractivity contribution in [2.45, 2.75) is 13.5 Å². The predicted octanol–water partition coefficient (Wildman–Crippen LogP) is 2.35. The van der Waals surface area contributed by atoms with Gasteiger partial charge in [-0.2, -0.15) is 0 Å². The van der Waals surface area contributed by atoms with Crippen LogP contribution in [0.2, 0.25) is 0 Å². The van der Waals surface area contributed by atoms with Crippen molar-refractivity contribution in [3.8, 4) is 11.6 Å². The van der Waals surface area contributed by atoms with Gasteiger partial charge in [-0.3, -0.25) is 4.79 Å². The highest BCUT2D eigenvalue weighted by molar-refractivity contribution is 6.06. The molecule has 100 valence electrons. The van der Waals surface area contributed by atoms with E-state index in [2.05, 4.69) is 14.9 Å². The first-order valence-corrected chi connectivity index (χ1v) is 6.58. The Kier molecular flexibility index (Phi) is 2.24. The van der Waals surface area contributed by atoms with Gasteiger partial charge in [-0.1, -0.05) is 6.07 Å². The van der Waals surface area contributed by atoms with E-state index in [9.17, 15) is 4.79 Å². The molecule has 1 aliphatic heterocycles. The van der Waals surface area contributed by atoms with E-state index in [4.69, 9.17) is 4.42 Å². The molecular weight excluding hydrogens is 254 g/mol. The Bertz CT molecular complexity index is 829. The topological polar surface area (TPSA) is 60.1 Å². The summed E-state index contributed by atoms with van der Waals surface area (Å²) in [7, 11) is 0. The summed E-state index contributed by atoms with van der Waals surface area (Å²) >= 11 is 0. The molecule has 0 fully saturated rings. The highest BCUT2D eigenvalue weighted by Crippen LogP contribution is 2.29. The number of carbonyl (C=O) groups is 1. The minimum Gasteiger partial charge on any atom is -0.458 e. The smallest absolute Gasteiger partial charge is 0.253 e. The number of nitrogens with one attached hydrogen (secondary N) is 1. The molecule has 20 heavy (non-hydrogen) atoms. The molecule has 1 N–H and O–H groups in total. The fourth-order valence-electron chi connectivity index (χ4n) is 2.71. The van der Waals surface area contributed by atoms with Crippen LogP contribution in [0.5, 0.6) is 0 Å². The number of hydrogen-bond donors (Lipinski definition) is 1. The van der Waals surface area contributed by atoms with E-state index in [-0.39, 0.29) is 5.91 Å². The summed E-state index contributed by atoms with van der Waals surface area (Å²) in [4.78, 5) is 16.7. The zero-order valence-corrected chi connectivity index (χ0v) is 11.0. The predicted molar refractivity (Wildman–Crippen MR) is 74.5 cm³/mol. The number of nitrogens with zero attached hydrogens (tertiary/aromatic N) is 2. The maximum atomic E-state index is 12.1. The average Bonchev–Trinajstić information content (AvgIpc) is 2.97. The molecule has 3 heterocycles. The monoisotopic (exact) mass is 267 g/mol. The Balaban J connectivity index is 2.06. The van der Waals surface area contributed by atoms with E-state index >= 15 is 0 Å². The highest BCUT2D eigenvalue weighted by atomic mass is 16.3. The summed E-state index contributed by atoms with van der Waals surface area (Å²) in [6.07, 6.45) is 0. The number of amides is 1. The number of para-hydroxylation sites is 1. The van der Waals surface area contributed by atoms with E-state index in [1.54, 1.807) is 0 Å². The van der Waals surface area contributed by atoms with Gasteiger partial charge in [0, 0.05) is 13.1 Å². The molecule has 5 nitrogen and oxygen atoms in total. The Labute approximate surface area is 115 Å². The zero-order chi connectivity index (χ0) is 13.7. The molecule has 0 radical (unpaired) electrons. The lowest BCUT2D eigenvalue weighted by Gasteiger charge is -2.04. The molecule has 0 saturated heterocycles. The van der Waals surface area contributed by atoms with Crippen molar-refractivity contribution in [2.24, 2.45) is 0 Å². The summed E-state index contributed by atoms with van der Waals surface area (Å²) in [5.41, 5.74) is 2.37. The molecule has 0 unspecified atom stereocenters. The lowest BCUT2D eigenvalue weighted by molar-refractivity contribution is 0.0956. The van der Waals surface area contributed by atoms with Crippen LogP contribution in [0.1, 0.15) is 16.1 Å². The molecule has 0 saturated carbocycles. The molecule has 0 aliphatic carbocycles. The van der Waals surface area contributed by atoms with Crippen molar-refractivity contribution in [2.75, 3.05) is 6.54 Å². The lowest BCUT2D eigenvalue weighted by Crippen LogP contribution is -2.24. The molecule has 3 aromatic rings. The number of aromatic nitrogens is 2. The second kappa shape index (κ2) is 3.96. The standard InChI is InChI=1S/C15H13N3O2/c1-9-5-6-12(20-9)14-17-11-4-2-3-10-13(11)18(14)8-7-16-15(10)19/h2-6H,7-8H2,1H3,(H,16,19). The summed E-state index contributed by atoms with van der Waals surface area (Å²) in [6.45, 7) is 3.19. The summed E-state index contributed by atoms with van der Waals surface area (Å²) in [6, 6.07) is 9.45. The summed E-state index contributed by atoms with van der Waals surface area (Å²) < 4.78 is 7.74. The fourth-order valence-corrected chi connectivity index (χ4v) is 2.71. The molecule has 2 aromatic heterocycles. The Morgan fingerprint density at radius 2 is 2.20 bits per heavy atom. The molecule has 1 aromatic carbocycles. The van der Waals surface area contributed by atoms with Gasteiger partial charge in [-0.25, -0.2) is 4.98 Å². The van der Waals surface area contributed by atoms with Crippen LogP contribution >= 0.6 is 0 Å². The maximum absolute atomic E-state index is 12.1. The summed E-state index contributed by atoms with van der Waals surface area (Å²) in [5, 5.41) is 2.90. The number of carbonyl (C=O) groups excluding carboxylic acids is 1. The van der Waals surface area contributed by atoms with Crippen molar-refractivity contribution in [3.05, 3.63) is 41.7 Å². The van der Waals surface area contributed by atoms with Crippen LogP contribution in [0, 0.1) is 6.92 Å². The average molecular weight is 267 g/mol. The first-order chi connectivity index (χ1) is 9.74. The first-order valence-electron chi connectivity index (χ1n) is 6.58. The van der Waals surface area contributed by atoms with E-state index in [0.29, 0.717) is 18.7 Å². The number of imidazole rings is 1. The molecule has 0 bridgehead atoms. The highest BCUT2D eigenvalue weighted by Gasteiger charge is 2.22. The van der Waals surface area contributed by atoms with Gasteiger partial charge in [-0.15, -0.1) is 0 Å². The van der Waals surface area contributed by atoms with Crippen LogP contribution in [-0.4, -0.2) is 22.0 Å². The summed E-state index contributed by atoms with van der Waals surface area (Å²) in [5.74, 6) is 2.32. The maximum Gasteiger partial charge on any atom is 0.253 e. The van der Waals surface area contributed by atoms with Gasteiger partial charge < -0.3 is 14.3 Å². The van der Waals surface area contributed by atoms with Crippen molar-refractivity contribution in [1.82, 2.24) is 14.9 Å². The Morgan fingerprint density at radius 1 is 1.30 bits per heavy atom. The number of benzene rings is 1. The van der Waals surface area contributed by atoms with Gasteiger partial charge in [0.15, 0.2) is 11.6 Å². The van der Waals surface area contributed by atoms with Crippen LogP contribution in [0.15, 0.2) is 34.7 Å². The number of hydrogen-bond acceptors (Lipinski definition) is 3. The first kappa shape index (κ1) is 11.3. The third kappa shape index (κ3) is 1.49. The molecule has 1 aliphatic rings. The van der Waals surface area contributed by atoms with Gasteiger partial charge >= 0.3 is 0 Å². The minimum absolute atomic E-state index is 0.0450. The van der Waals surface area contributed by atoms with Crippen molar-refractivity contribution in [3.63, 3.8) is 0 Å². The van der Waals surface area contributed by atoms with E-state index in [0.717, 1.165) is 28.4 Å². The van der Waals surface area contributed by atoms with Gasteiger partial charge in [0.05, 0.1) is 16.6 Å². The fraction of sp³-hybridized carbons (Fsp3) is 0.200. The molecule has 0 atom stereocenters. The molecule has 4 rings (SSSR count). The third-order valence-electron chi connectivity index (χ3n) is 3.59. The van der Waals surface area contributed by atoms with Crippen molar-refractivity contribution in [1.29, 1.82) is 0 Å². The van der Waals surface area contributed by atoms with Crippen molar-refractivity contribution < 1.29 is 9.21 Å². The van der Waals surface area contributed by atoms with Crippen LogP contribution in [0.4, 0.5) is 0 Å². The molecule has 5 heteroatoms. The Morgan fingerprint density at radius 3 is 3.00 bits per heavy atom. The van der Waals surface area contributed by atoms with Crippen LogP contribution in [-0.2, 0) is 6.54 Å². The van der Waals surface area contributed by atoms with E-state index < -0.39 is 0 Å². The molecule has 1 amide bonds. The molecule has 0 spiro atoms. The van der Waals surface area contributed by atoms with Crippen molar-refractivity contribution >= 4 is 16.9 Å². The zero-order valence-electron chi connectivity index (χ0n) is 11.0. The number of rotatable bonds is 1. The number of aryl methyl sites for hydroxylation is 1. The quantitative estimate of drug-likeness (QED) is 0.736. The molecular formula is C15H13N3O2.